The van der Waals surface area contributed by atoms with Crippen molar-refractivity contribution in [2.24, 2.45) is 23.7 Å². The smallest absolute Gasteiger partial charge is 0.230 e. The molecule has 4 saturated carbocycles. The lowest BCUT2D eigenvalue weighted by Gasteiger charge is -2.56. The first-order chi connectivity index (χ1) is 11.2. The van der Waals surface area contributed by atoms with Gasteiger partial charge >= 0.3 is 0 Å². The van der Waals surface area contributed by atoms with Crippen LogP contribution in [0.5, 0.6) is 0 Å². The third-order valence-electron chi connectivity index (χ3n) is 6.62. The second kappa shape index (κ2) is 6.95. The second-order valence-corrected chi connectivity index (χ2v) is 10.1. The normalized spacial score (nSPS) is 41.9. The van der Waals surface area contributed by atoms with Crippen LogP contribution in [-0.2, 0) is 9.53 Å². The number of hydrogen-bond donors (Lipinski definition) is 1. The molecule has 0 radical (unpaired) electrons. The molecule has 5 aliphatic rings. The molecule has 0 spiro atoms. The fourth-order valence-corrected chi connectivity index (χ4v) is 7.53. The van der Waals surface area contributed by atoms with Gasteiger partial charge in [0.2, 0.25) is 5.91 Å². The summed E-state index contributed by atoms with van der Waals surface area (Å²) in [5, 5.41) is 3.15. The van der Waals surface area contributed by atoms with E-state index in [2.05, 4.69) is 5.32 Å². The molecule has 1 unspecified atom stereocenters. The lowest BCUT2D eigenvalue weighted by atomic mass is 9.56. The average Bonchev–Trinajstić information content (AvgIpc) is 2.53. The predicted molar refractivity (Wildman–Crippen MR) is 94.5 cm³/mol. The van der Waals surface area contributed by atoms with Gasteiger partial charge in [-0.1, -0.05) is 0 Å². The number of ether oxygens (including phenoxy) is 1. The molecule has 1 aliphatic heterocycles. The molecule has 4 heteroatoms. The number of carbonyl (C=O) groups excluding carboxylic acids is 1. The fraction of sp³-hybridized carbons (Fsp3) is 0.947. The molecule has 5 fully saturated rings. The zero-order chi connectivity index (χ0) is 15.7. The predicted octanol–water partition coefficient (Wildman–Crippen LogP) is 3.62. The molecule has 0 aromatic heterocycles. The van der Waals surface area contributed by atoms with Crippen molar-refractivity contribution in [1.29, 1.82) is 0 Å². The number of thioether (sulfide) groups is 1. The van der Waals surface area contributed by atoms with Crippen LogP contribution < -0.4 is 5.32 Å². The summed E-state index contributed by atoms with van der Waals surface area (Å²) in [6.45, 7) is 2.64. The second-order valence-electron chi connectivity index (χ2n) is 8.61. The van der Waals surface area contributed by atoms with E-state index in [0.717, 1.165) is 43.9 Å². The van der Waals surface area contributed by atoms with Gasteiger partial charge in [0.1, 0.15) is 0 Å². The van der Waals surface area contributed by atoms with Crippen LogP contribution >= 0.6 is 11.8 Å². The maximum Gasteiger partial charge on any atom is 0.230 e. The van der Waals surface area contributed by atoms with Gasteiger partial charge in [0, 0.05) is 24.5 Å². The molecule has 23 heavy (non-hydrogen) atoms. The molecule has 1 N–H and O–H groups in total. The number of amides is 1. The van der Waals surface area contributed by atoms with Gasteiger partial charge in [-0.2, -0.15) is 0 Å². The Morgan fingerprint density at radius 2 is 1.83 bits per heavy atom. The molecule has 1 atom stereocenters. The summed E-state index contributed by atoms with van der Waals surface area (Å²) in [6, 6.07) is 0. The molecule has 130 valence electrons. The van der Waals surface area contributed by atoms with Crippen molar-refractivity contribution in [3.63, 3.8) is 0 Å². The molecule has 4 aliphatic carbocycles. The summed E-state index contributed by atoms with van der Waals surface area (Å²) in [4.78, 5) is 12.2. The Hall–Kier alpha value is -0.220. The first kappa shape index (κ1) is 16.3. The van der Waals surface area contributed by atoms with Crippen molar-refractivity contribution in [3.05, 3.63) is 0 Å². The molecular formula is C19H31NO2S. The van der Waals surface area contributed by atoms with Crippen molar-refractivity contribution in [2.75, 3.05) is 25.5 Å². The van der Waals surface area contributed by atoms with E-state index in [9.17, 15) is 4.79 Å². The topological polar surface area (TPSA) is 38.3 Å². The number of rotatable bonds is 6. The van der Waals surface area contributed by atoms with Gasteiger partial charge in [-0.3, -0.25) is 4.79 Å². The summed E-state index contributed by atoms with van der Waals surface area (Å²) in [7, 11) is 0. The Balaban J connectivity index is 1.18. The van der Waals surface area contributed by atoms with Crippen molar-refractivity contribution >= 4 is 17.7 Å². The SMILES string of the molecule is O=C(CSC12CC3CC(CC(C3)C1)C2)NCCC1CCCOC1. The van der Waals surface area contributed by atoms with Crippen molar-refractivity contribution in [1.82, 2.24) is 5.32 Å². The van der Waals surface area contributed by atoms with E-state index in [1.165, 1.54) is 51.4 Å². The largest absolute Gasteiger partial charge is 0.381 e. The Bertz CT molecular complexity index is 398. The summed E-state index contributed by atoms with van der Waals surface area (Å²) < 4.78 is 5.97. The fourth-order valence-electron chi connectivity index (χ4n) is 5.93. The summed E-state index contributed by atoms with van der Waals surface area (Å²) in [5.41, 5.74) is 0. The van der Waals surface area contributed by atoms with E-state index in [0.29, 0.717) is 16.4 Å². The van der Waals surface area contributed by atoms with E-state index in [1.54, 1.807) is 0 Å². The molecule has 1 heterocycles. The van der Waals surface area contributed by atoms with Crippen LogP contribution in [0.2, 0.25) is 0 Å². The van der Waals surface area contributed by atoms with Gasteiger partial charge in [-0.25, -0.2) is 0 Å². The number of nitrogens with one attached hydrogen (secondary N) is 1. The molecule has 5 rings (SSSR count). The van der Waals surface area contributed by atoms with Crippen LogP contribution in [0.25, 0.3) is 0 Å². The first-order valence-corrected chi connectivity index (χ1v) is 10.7. The van der Waals surface area contributed by atoms with Crippen molar-refractivity contribution < 1.29 is 9.53 Å². The summed E-state index contributed by atoms with van der Waals surface area (Å²) in [5.74, 6) is 4.50. The molecule has 3 nitrogen and oxygen atoms in total. The summed E-state index contributed by atoms with van der Waals surface area (Å²) in [6.07, 6.45) is 12.1. The number of hydrogen-bond acceptors (Lipinski definition) is 3. The Kier molecular flexibility index (Phi) is 4.91. The van der Waals surface area contributed by atoms with Gasteiger partial charge in [-0.05, 0) is 81.5 Å². The lowest BCUT2D eigenvalue weighted by Crippen LogP contribution is -2.49. The van der Waals surface area contributed by atoms with Gasteiger partial charge in [0.15, 0.2) is 0 Å². The van der Waals surface area contributed by atoms with Crippen LogP contribution in [-0.4, -0.2) is 36.2 Å². The van der Waals surface area contributed by atoms with Gasteiger partial charge < -0.3 is 10.1 Å². The molecule has 0 aromatic carbocycles. The van der Waals surface area contributed by atoms with Gasteiger partial charge in [0.05, 0.1) is 5.75 Å². The molecule has 1 saturated heterocycles. The average molecular weight is 338 g/mol. The monoisotopic (exact) mass is 337 g/mol. The van der Waals surface area contributed by atoms with E-state index in [4.69, 9.17) is 4.74 Å². The van der Waals surface area contributed by atoms with Crippen LogP contribution in [0.15, 0.2) is 0 Å². The maximum absolute atomic E-state index is 12.2. The Morgan fingerprint density at radius 3 is 2.43 bits per heavy atom. The molecule has 1 amide bonds. The zero-order valence-electron chi connectivity index (χ0n) is 14.2. The van der Waals surface area contributed by atoms with Crippen molar-refractivity contribution in [2.45, 2.75) is 62.5 Å². The van der Waals surface area contributed by atoms with Crippen LogP contribution in [0.4, 0.5) is 0 Å². The number of carbonyl (C=O) groups is 1. The van der Waals surface area contributed by atoms with Gasteiger partial charge in [0.25, 0.3) is 0 Å². The van der Waals surface area contributed by atoms with Crippen LogP contribution in [0, 0.1) is 23.7 Å². The van der Waals surface area contributed by atoms with E-state index in [1.807, 2.05) is 11.8 Å². The third kappa shape index (κ3) is 3.89. The van der Waals surface area contributed by atoms with E-state index >= 15 is 0 Å². The Labute approximate surface area is 144 Å². The Morgan fingerprint density at radius 1 is 1.13 bits per heavy atom. The van der Waals surface area contributed by atoms with Crippen molar-refractivity contribution in [3.8, 4) is 0 Å². The molecular weight excluding hydrogens is 306 g/mol. The highest BCUT2D eigenvalue weighted by molar-refractivity contribution is 8.01. The van der Waals surface area contributed by atoms with Crippen LogP contribution in [0.1, 0.15) is 57.8 Å². The first-order valence-electron chi connectivity index (χ1n) is 9.69. The van der Waals surface area contributed by atoms with Crippen LogP contribution in [0.3, 0.4) is 0 Å². The molecule has 4 bridgehead atoms. The minimum atomic E-state index is 0.252. The quantitative estimate of drug-likeness (QED) is 0.804. The zero-order valence-corrected chi connectivity index (χ0v) is 15.0. The highest BCUT2D eigenvalue weighted by Gasteiger charge is 2.51. The van der Waals surface area contributed by atoms with E-state index < -0.39 is 0 Å². The van der Waals surface area contributed by atoms with Gasteiger partial charge in [-0.15, -0.1) is 11.8 Å². The maximum atomic E-state index is 12.2. The summed E-state index contributed by atoms with van der Waals surface area (Å²) >= 11 is 1.99. The molecule has 0 aromatic rings. The minimum absolute atomic E-state index is 0.252. The highest BCUT2D eigenvalue weighted by Crippen LogP contribution is 2.60. The third-order valence-corrected chi connectivity index (χ3v) is 8.14. The van der Waals surface area contributed by atoms with E-state index in [-0.39, 0.29) is 5.91 Å². The standard InChI is InChI=1S/C19H31NO2S/c21-18(20-4-3-14-2-1-5-22-12-14)13-23-19-9-15-6-16(10-19)8-17(7-15)11-19/h14-17H,1-13H2,(H,20,21). The lowest BCUT2D eigenvalue weighted by molar-refractivity contribution is -0.118. The highest BCUT2D eigenvalue weighted by atomic mass is 32.2. The minimum Gasteiger partial charge on any atom is -0.381 e.